The van der Waals surface area contributed by atoms with E-state index in [4.69, 9.17) is 19.5 Å². The van der Waals surface area contributed by atoms with Crippen LogP contribution in [-0.2, 0) is 9.47 Å². The molecule has 1 aromatic rings. The Kier molecular flexibility index (Phi) is 4.29. The molecule has 1 aliphatic rings. The van der Waals surface area contributed by atoms with Crippen LogP contribution in [0.2, 0.25) is 0 Å². The van der Waals surface area contributed by atoms with Crippen LogP contribution in [0, 0.1) is 5.82 Å². The molecule has 2 rings (SSSR count). The molecule has 10 heteroatoms. The zero-order valence-corrected chi connectivity index (χ0v) is 10.9. The van der Waals surface area contributed by atoms with Crippen LogP contribution in [0.4, 0.5) is 19.7 Å². The summed E-state index contributed by atoms with van der Waals surface area (Å²) in [5.74, 6) is -0.883. The molecule has 0 unspecified atom stereocenters. The first-order valence-corrected chi connectivity index (χ1v) is 5.94. The number of carbonyl (C=O) groups is 2. The summed E-state index contributed by atoms with van der Waals surface area (Å²) in [6, 6.07) is 3.41. The van der Waals surface area contributed by atoms with Crippen LogP contribution in [-0.4, -0.2) is 49.2 Å². The first kappa shape index (κ1) is 15.1. The van der Waals surface area contributed by atoms with Gasteiger partial charge in [-0.05, 0) is 12.1 Å². The molecular formula is C11H12BFN2O6. The molecule has 1 saturated heterocycles. The molecule has 2 amide bonds. The van der Waals surface area contributed by atoms with Crippen molar-refractivity contribution in [2.75, 3.05) is 18.5 Å². The number of hydrogen-bond acceptors (Lipinski definition) is 6. The minimum Gasteiger partial charge on any atom is -0.423 e. The first-order valence-electron chi connectivity index (χ1n) is 5.94. The van der Waals surface area contributed by atoms with Crippen molar-refractivity contribution in [3.05, 3.63) is 24.0 Å². The fraction of sp³-hybridized carbons (Fsp3) is 0.273. The van der Waals surface area contributed by atoms with Crippen LogP contribution in [0.1, 0.15) is 0 Å². The lowest BCUT2D eigenvalue weighted by Crippen LogP contribution is -2.34. The van der Waals surface area contributed by atoms with Gasteiger partial charge in [0.1, 0.15) is 12.4 Å². The summed E-state index contributed by atoms with van der Waals surface area (Å²) >= 11 is 0. The van der Waals surface area contributed by atoms with E-state index in [0.717, 1.165) is 17.0 Å². The Bertz CT molecular complexity index is 570. The maximum atomic E-state index is 13.6. The lowest BCUT2D eigenvalue weighted by Gasteiger charge is -2.14. The van der Waals surface area contributed by atoms with Crippen molar-refractivity contribution >= 4 is 30.5 Å². The maximum Gasteiger partial charge on any atom is 0.491 e. The molecular weight excluding hydrogens is 286 g/mol. The van der Waals surface area contributed by atoms with E-state index in [9.17, 15) is 14.0 Å². The highest BCUT2D eigenvalue weighted by molar-refractivity contribution is 6.58. The van der Waals surface area contributed by atoms with E-state index in [1.54, 1.807) is 0 Å². The predicted octanol–water partition coefficient (Wildman–Crippen LogP) is -0.856. The topological polar surface area (TPSA) is 108 Å². The second kappa shape index (κ2) is 5.98. The summed E-state index contributed by atoms with van der Waals surface area (Å²) in [6.45, 7) is -0.104. The lowest BCUT2D eigenvalue weighted by atomic mass is 9.80. The van der Waals surface area contributed by atoms with E-state index in [2.05, 4.69) is 5.32 Å². The average Bonchev–Trinajstić information content (AvgIpc) is 2.78. The van der Waals surface area contributed by atoms with Crippen LogP contribution in [0.5, 0.6) is 0 Å². The molecule has 21 heavy (non-hydrogen) atoms. The summed E-state index contributed by atoms with van der Waals surface area (Å²) in [4.78, 5) is 23.7. The number of halogens is 1. The SMILES string of the molecule is CNC(=O)O[C@@H]1CN(c2ccc(B(O)O)c(F)c2)C(=O)O1. The molecule has 1 aliphatic heterocycles. The van der Waals surface area contributed by atoms with Crippen molar-refractivity contribution < 1.29 is 33.5 Å². The number of rotatable bonds is 3. The number of amides is 2. The molecule has 0 aromatic heterocycles. The van der Waals surface area contributed by atoms with Crippen molar-refractivity contribution in [3.8, 4) is 0 Å². The first-order chi connectivity index (χ1) is 9.92. The third kappa shape index (κ3) is 3.23. The molecule has 3 N–H and O–H groups in total. The van der Waals surface area contributed by atoms with Crippen molar-refractivity contribution in [1.82, 2.24) is 5.32 Å². The van der Waals surface area contributed by atoms with Crippen molar-refractivity contribution in [1.29, 1.82) is 0 Å². The predicted molar refractivity (Wildman–Crippen MR) is 69.4 cm³/mol. The summed E-state index contributed by atoms with van der Waals surface area (Å²) in [5.41, 5.74) is -0.172. The summed E-state index contributed by atoms with van der Waals surface area (Å²) in [6.07, 6.45) is -2.68. The summed E-state index contributed by atoms with van der Waals surface area (Å²) in [5, 5.41) is 20.1. The van der Waals surface area contributed by atoms with Crippen molar-refractivity contribution in [2.24, 2.45) is 0 Å². The van der Waals surface area contributed by atoms with Gasteiger partial charge in [-0.3, -0.25) is 4.90 Å². The number of hydrogen-bond donors (Lipinski definition) is 3. The molecule has 8 nitrogen and oxygen atoms in total. The lowest BCUT2D eigenvalue weighted by molar-refractivity contribution is -0.0285. The number of ether oxygens (including phenoxy) is 2. The van der Waals surface area contributed by atoms with Gasteiger partial charge in [0.25, 0.3) is 6.29 Å². The zero-order chi connectivity index (χ0) is 15.6. The molecule has 0 aliphatic carbocycles. The minimum atomic E-state index is -1.95. The second-order valence-corrected chi connectivity index (χ2v) is 4.16. The molecule has 1 atom stereocenters. The third-order valence-electron chi connectivity index (χ3n) is 2.80. The van der Waals surface area contributed by atoms with E-state index in [1.165, 1.54) is 13.1 Å². The number of benzene rings is 1. The Morgan fingerprint density at radius 3 is 2.86 bits per heavy atom. The van der Waals surface area contributed by atoms with Gasteiger partial charge in [-0.2, -0.15) is 0 Å². The number of carbonyl (C=O) groups excluding carboxylic acids is 2. The number of cyclic esters (lactones) is 1. The molecule has 1 fully saturated rings. The number of alkyl carbamates (subject to hydrolysis) is 1. The Labute approximate surface area is 119 Å². The molecule has 0 saturated carbocycles. The molecule has 1 heterocycles. The molecule has 0 bridgehead atoms. The van der Waals surface area contributed by atoms with Gasteiger partial charge >= 0.3 is 19.3 Å². The van der Waals surface area contributed by atoms with E-state index in [0.29, 0.717) is 0 Å². The normalized spacial score (nSPS) is 17.4. The van der Waals surface area contributed by atoms with Crippen molar-refractivity contribution in [3.63, 3.8) is 0 Å². The third-order valence-corrected chi connectivity index (χ3v) is 2.80. The van der Waals surface area contributed by atoms with E-state index in [-0.39, 0.29) is 17.7 Å². The maximum absolute atomic E-state index is 13.6. The van der Waals surface area contributed by atoms with E-state index in [1.807, 2.05) is 0 Å². The smallest absolute Gasteiger partial charge is 0.423 e. The molecule has 112 valence electrons. The summed E-state index contributed by atoms with van der Waals surface area (Å²) in [7, 11) is -0.598. The van der Waals surface area contributed by atoms with Crippen LogP contribution < -0.4 is 15.7 Å². The number of nitrogens with one attached hydrogen (secondary N) is 1. The standard InChI is InChI=1S/C11H12BFN2O6/c1-14-10(16)20-9-5-15(11(17)21-9)6-2-3-7(12(18)19)8(13)4-6/h2-4,9,18-19H,5H2,1H3,(H,14,16)/t9-/m0/s1. The van der Waals surface area contributed by atoms with E-state index < -0.39 is 31.4 Å². The van der Waals surface area contributed by atoms with Crippen LogP contribution in [0.15, 0.2) is 18.2 Å². The van der Waals surface area contributed by atoms with Gasteiger partial charge in [-0.15, -0.1) is 0 Å². The largest absolute Gasteiger partial charge is 0.491 e. The Balaban J connectivity index is 2.13. The van der Waals surface area contributed by atoms with Gasteiger partial charge in [0.2, 0.25) is 0 Å². The Hall–Kier alpha value is -2.33. The monoisotopic (exact) mass is 298 g/mol. The highest BCUT2D eigenvalue weighted by Crippen LogP contribution is 2.22. The quantitative estimate of drug-likeness (QED) is 0.627. The van der Waals surface area contributed by atoms with Crippen molar-refractivity contribution in [2.45, 2.75) is 6.29 Å². The van der Waals surface area contributed by atoms with Gasteiger partial charge in [0.15, 0.2) is 0 Å². The Morgan fingerprint density at radius 2 is 2.29 bits per heavy atom. The van der Waals surface area contributed by atoms with Crippen LogP contribution in [0.25, 0.3) is 0 Å². The van der Waals surface area contributed by atoms with Crippen LogP contribution >= 0.6 is 0 Å². The summed E-state index contributed by atoms with van der Waals surface area (Å²) < 4.78 is 23.2. The molecule has 1 aromatic carbocycles. The minimum absolute atomic E-state index is 0.104. The van der Waals surface area contributed by atoms with Gasteiger partial charge < -0.3 is 24.8 Å². The molecule has 0 spiro atoms. The fourth-order valence-corrected chi connectivity index (χ4v) is 1.78. The fourth-order valence-electron chi connectivity index (χ4n) is 1.78. The zero-order valence-electron chi connectivity index (χ0n) is 10.9. The van der Waals surface area contributed by atoms with Gasteiger partial charge in [-0.1, -0.05) is 6.07 Å². The van der Waals surface area contributed by atoms with E-state index >= 15 is 0 Å². The highest BCUT2D eigenvalue weighted by atomic mass is 19.1. The molecule has 0 radical (unpaired) electrons. The Morgan fingerprint density at radius 1 is 1.57 bits per heavy atom. The van der Waals surface area contributed by atoms with Crippen LogP contribution in [0.3, 0.4) is 0 Å². The van der Waals surface area contributed by atoms with Gasteiger partial charge in [0, 0.05) is 12.5 Å². The number of anilines is 1. The number of nitrogens with zero attached hydrogens (tertiary/aromatic N) is 1. The second-order valence-electron chi connectivity index (χ2n) is 4.16. The highest BCUT2D eigenvalue weighted by Gasteiger charge is 2.35. The average molecular weight is 298 g/mol. The van der Waals surface area contributed by atoms with Gasteiger partial charge in [0.05, 0.1) is 5.69 Å². The van der Waals surface area contributed by atoms with Gasteiger partial charge in [-0.25, -0.2) is 14.0 Å².